The van der Waals surface area contributed by atoms with Gasteiger partial charge in [0, 0.05) is 17.4 Å². The van der Waals surface area contributed by atoms with Crippen LogP contribution < -0.4 is 5.32 Å². The fraction of sp³-hybridized carbons (Fsp3) is 0. The van der Waals surface area contributed by atoms with Crippen molar-refractivity contribution in [1.29, 1.82) is 0 Å². The standard InChI is InChI=1S/C22H15FN6/c23-15-7-8-18-19(11-15)29-22(28-18)14-4-3-5-16(10-14)27-21-13-25-20(12-26-21)17-6-1-2-9-24-17/h1-13H,(H,26,27)(H,28,29). The highest BCUT2D eigenvalue weighted by Crippen LogP contribution is 2.25. The molecule has 0 bridgehead atoms. The van der Waals surface area contributed by atoms with Crippen molar-refractivity contribution in [3.8, 4) is 22.8 Å². The molecule has 0 amide bonds. The van der Waals surface area contributed by atoms with Gasteiger partial charge in [0.15, 0.2) is 0 Å². The van der Waals surface area contributed by atoms with Crippen molar-refractivity contribution >= 4 is 22.5 Å². The number of benzene rings is 2. The van der Waals surface area contributed by atoms with Gasteiger partial charge in [-0.15, -0.1) is 0 Å². The van der Waals surface area contributed by atoms with E-state index in [4.69, 9.17) is 0 Å². The fourth-order valence-electron chi connectivity index (χ4n) is 3.05. The minimum absolute atomic E-state index is 0.296. The van der Waals surface area contributed by atoms with Gasteiger partial charge in [0.2, 0.25) is 0 Å². The lowest BCUT2D eigenvalue weighted by Crippen LogP contribution is -1.96. The number of nitrogens with one attached hydrogen (secondary N) is 2. The number of hydrogen-bond acceptors (Lipinski definition) is 5. The number of pyridine rings is 1. The molecule has 5 aromatic rings. The van der Waals surface area contributed by atoms with E-state index in [1.807, 2.05) is 42.5 Å². The Morgan fingerprint density at radius 2 is 1.79 bits per heavy atom. The largest absolute Gasteiger partial charge is 0.339 e. The highest BCUT2D eigenvalue weighted by atomic mass is 19.1. The topological polar surface area (TPSA) is 79.4 Å². The third kappa shape index (κ3) is 3.53. The molecule has 3 aromatic heterocycles. The van der Waals surface area contributed by atoms with Crippen LogP contribution in [0.1, 0.15) is 0 Å². The fourth-order valence-corrected chi connectivity index (χ4v) is 3.05. The molecule has 0 aliphatic rings. The Labute approximate surface area is 165 Å². The first kappa shape index (κ1) is 17.0. The lowest BCUT2D eigenvalue weighted by atomic mass is 10.2. The molecule has 7 heteroatoms. The summed E-state index contributed by atoms with van der Waals surface area (Å²) in [7, 11) is 0. The average Bonchev–Trinajstić information content (AvgIpc) is 3.18. The van der Waals surface area contributed by atoms with Crippen molar-refractivity contribution in [2.75, 3.05) is 5.32 Å². The molecular formula is C22H15FN6. The molecular weight excluding hydrogens is 367 g/mol. The molecule has 0 atom stereocenters. The normalized spacial score (nSPS) is 10.9. The van der Waals surface area contributed by atoms with Gasteiger partial charge in [-0.05, 0) is 42.5 Å². The van der Waals surface area contributed by atoms with Gasteiger partial charge < -0.3 is 10.3 Å². The molecule has 0 fully saturated rings. The lowest BCUT2D eigenvalue weighted by Gasteiger charge is -2.07. The second-order valence-corrected chi connectivity index (χ2v) is 6.45. The van der Waals surface area contributed by atoms with Crippen molar-refractivity contribution < 1.29 is 4.39 Å². The summed E-state index contributed by atoms with van der Waals surface area (Å²) in [6.45, 7) is 0. The summed E-state index contributed by atoms with van der Waals surface area (Å²) >= 11 is 0. The summed E-state index contributed by atoms with van der Waals surface area (Å²) < 4.78 is 13.4. The number of fused-ring (bicyclic) bond motifs is 1. The van der Waals surface area contributed by atoms with Crippen molar-refractivity contribution in [3.63, 3.8) is 0 Å². The quantitative estimate of drug-likeness (QED) is 0.459. The van der Waals surface area contributed by atoms with E-state index in [1.165, 1.54) is 12.1 Å². The van der Waals surface area contributed by atoms with Crippen LogP contribution in [-0.2, 0) is 0 Å². The molecule has 0 saturated carbocycles. The SMILES string of the molecule is Fc1ccc2nc(-c3cccc(Nc4cnc(-c5ccccn5)cn4)c3)[nH]c2c1. The van der Waals surface area contributed by atoms with Gasteiger partial charge in [-0.2, -0.15) is 0 Å². The molecule has 2 N–H and O–H groups in total. The average molecular weight is 382 g/mol. The first-order valence-corrected chi connectivity index (χ1v) is 9.01. The van der Waals surface area contributed by atoms with E-state index in [0.29, 0.717) is 22.9 Å². The lowest BCUT2D eigenvalue weighted by molar-refractivity contribution is 0.629. The van der Waals surface area contributed by atoms with Crippen LogP contribution in [-0.4, -0.2) is 24.9 Å². The second-order valence-electron chi connectivity index (χ2n) is 6.45. The number of hydrogen-bond donors (Lipinski definition) is 2. The van der Waals surface area contributed by atoms with Crippen LogP contribution in [0.25, 0.3) is 33.8 Å². The van der Waals surface area contributed by atoms with Gasteiger partial charge in [0.05, 0.1) is 29.1 Å². The Hall–Kier alpha value is -4.13. The van der Waals surface area contributed by atoms with Crippen LogP contribution >= 0.6 is 0 Å². The minimum Gasteiger partial charge on any atom is -0.339 e. The van der Waals surface area contributed by atoms with Gasteiger partial charge >= 0.3 is 0 Å². The predicted molar refractivity (Wildman–Crippen MR) is 110 cm³/mol. The Morgan fingerprint density at radius 1 is 0.828 bits per heavy atom. The molecule has 0 spiro atoms. The number of imidazole rings is 1. The third-order valence-corrected chi connectivity index (χ3v) is 4.43. The molecule has 29 heavy (non-hydrogen) atoms. The van der Waals surface area contributed by atoms with Gasteiger partial charge in [-0.1, -0.05) is 18.2 Å². The van der Waals surface area contributed by atoms with Gasteiger partial charge in [-0.25, -0.2) is 19.3 Å². The third-order valence-electron chi connectivity index (χ3n) is 4.43. The van der Waals surface area contributed by atoms with Gasteiger partial charge in [-0.3, -0.25) is 4.98 Å². The smallest absolute Gasteiger partial charge is 0.148 e. The molecule has 0 aliphatic heterocycles. The number of anilines is 2. The predicted octanol–water partition coefficient (Wildman–Crippen LogP) is 4.96. The van der Waals surface area contributed by atoms with E-state index in [1.54, 1.807) is 24.7 Å². The summed E-state index contributed by atoms with van der Waals surface area (Å²) in [6, 6.07) is 17.9. The molecule has 0 unspecified atom stereocenters. The number of halogens is 1. The van der Waals surface area contributed by atoms with Crippen LogP contribution in [0.2, 0.25) is 0 Å². The molecule has 5 rings (SSSR count). The zero-order valence-corrected chi connectivity index (χ0v) is 15.2. The molecule has 140 valence electrons. The van der Waals surface area contributed by atoms with E-state index < -0.39 is 0 Å². The Kier molecular flexibility index (Phi) is 4.18. The molecule has 3 heterocycles. The Bertz CT molecular complexity index is 1280. The van der Waals surface area contributed by atoms with Crippen LogP contribution in [0.15, 0.2) is 79.3 Å². The van der Waals surface area contributed by atoms with E-state index in [-0.39, 0.29) is 5.82 Å². The second kappa shape index (κ2) is 7.12. The van der Waals surface area contributed by atoms with E-state index in [2.05, 4.69) is 30.2 Å². The van der Waals surface area contributed by atoms with Crippen molar-refractivity contribution in [1.82, 2.24) is 24.9 Å². The molecule has 6 nitrogen and oxygen atoms in total. The molecule has 0 radical (unpaired) electrons. The monoisotopic (exact) mass is 382 g/mol. The summed E-state index contributed by atoms with van der Waals surface area (Å²) in [5.41, 5.74) is 4.58. The zero-order valence-electron chi connectivity index (χ0n) is 15.2. The zero-order chi connectivity index (χ0) is 19.6. The highest BCUT2D eigenvalue weighted by Gasteiger charge is 2.08. The van der Waals surface area contributed by atoms with Gasteiger partial charge in [0.25, 0.3) is 0 Å². The minimum atomic E-state index is -0.296. The Balaban J connectivity index is 1.39. The maximum Gasteiger partial charge on any atom is 0.148 e. The van der Waals surface area contributed by atoms with Gasteiger partial charge in [0.1, 0.15) is 23.2 Å². The first-order chi connectivity index (χ1) is 14.2. The highest BCUT2D eigenvalue weighted by molar-refractivity contribution is 5.80. The van der Waals surface area contributed by atoms with Crippen LogP contribution in [0, 0.1) is 5.82 Å². The van der Waals surface area contributed by atoms with Crippen LogP contribution in [0.5, 0.6) is 0 Å². The van der Waals surface area contributed by atoms with Crippen LogP contribution in [0.3, 0.4) is 0 Å². The summed E-state index contributed by atoms with van der Waals surface area (Å²) in [5, 5.41) is 3.24. The molecule has 0 aliphatic carbocycles. The number of H-pyrrole nitrogens is 1. The van der Waals surface area contributed by atoms with E-state index in [0.717, 1.165) is 22.5 Å². The Morgan fingerprint density at radius 3 is 2.62 bits per heavy atom. The summed E-state index contributed by atoms with van der Waals surface area (Å²) in [5.74, 6) is 0.996. The maximum atomic E-state index is 13.4. The molecule has 2 aromatic carbocycles. The summed E-state index contributed by atoms with van der Waals surface area (Å²) in [4.78, 5) is 20.8. The number of aromatic amines is 1. The van der Waals surface area contributed by atoms with Crippen LogP contribution in [0.4, 0.5) is 15.9 Å². The van der Waals surface area contributed by atoms with Crippen molar-refractivity contribution in [2.45, 2.75) is 0 Å². The number of aromatic nitrogens is 5. The van der Waals surface area contributed by atoms with Crippen molar-refractivity contribution in [3.05, 3.63) is 85.1 Å². The number of nitrogens with zero attached hydrogens (tertiary/aromatic N) is 4. The molecule has 0 saturated heterocycles. The number of rotatable bonds is 4. The maximum absolute atomic E-state index is 13.4. The van der Waals surface area contributed by atoms with Crippen molar-refractivity contribution in [2.24, 2.45) is 0 Å². The van der Waals surface area contributed by atoms with E-state index >= 15 is 0 Å². The summed E-state index contributed by atoms with van der Waals surface area (Å²) in [6.07, 6.45) is 5.07. The first-order valence-electron chi connectivity index (χ1n) is 9.01. The van der Waals surface area contributed by atoms with E-state index in [9.17, 15) is 4.39 Å².